The molecular formula is C13H26N2O2. The van der Waals surface area contributed by atoms with Crippen LogP contribution in [0.3, 0.4) is 0 Å². The van der Waals surface area contributed by atoms with E-state index in [2.05, 4.69) is 23.6 Å². The molecule has 0 N–H and O–H groups in total. The standard InChI is InChI=1S/C13H26N2O2/c1-12(2)15-8-6-14(7-9-15)5-4-13-16-10-3-11-17-13/h12-13H,3-11H2,1-2H3. The Kier molecular flexibility index (Phi) is 5.22. The van der Waals surface area contributed by atoms with E-state index in [4.69, 9.17) is 9.47 Å². The number of ether oxygens (including phenoxy) is 2. The number of hydrogen-bond acceptors (Lipinski definition) is 4. The lowest BCUT2D eigenvalue weighted by Gasteiger charge is -2.37. The third-order valence-corrected chi connectivity index (χ3v) is 3.71. The first-order valence-electron chi connectivity index (χ1n) is 6.95. The number of piperazine rings is 1. The lowest BCUT2D eigenvalue weighted by Crippen LogP contribution is -2.49. The van der Waals surface area contributed by atoms with E-state index in [-0.39, 0.29) is 6.29 Å². The van der Waals surface area contributed by atoms with Crippen LogP contribution in [0.15, 0.2) is 0 Å². The second kappa shape index (κ2) is 6.69. The fourth-order valence-corrected chi connectivity index (χ4v) is 2.49. The average molecular weight is 242 g/mol. The Morgan fingerprint density at radius 3 is 2.29 bits per heavy atom. The van der Waals surface area contributed by atoms with Crippen molar-refractivity contribution >= 4 is 0 Å². The van der Waals surface area contributed by atoms with Gasteiger partial charge in [0.2, 0.25) is 0 Å². The summed E-state index contributed by atoms with van der Waals surface area (Å²) in [6.45, 7) is 12.2. The summed E-state index contributed by atoms with van der Waals surface area (Å²) in [7, 11) is 0. The van der Waals surface area contributed by atoms with Crippen LogP contribution in [-0.4, -0.2) is 68.1 Å². The molecule has 0 spiro atoms. The Bertz CT molecular complexity index is 209. The highest BCUT2D eigenvalue weighted by Crippen LogP contribution is 2.11. The Hall–Kier alpha value is -0.160. The van der Waals surface area contributed by atoms with Crippen molar-refractivity contribution in [3.8, 4) is 0 Å². The van der Waals surface area contributed by atoms with Crippen LogP contribution >= 0.6 is 0 Å². The molecule has 0 saturated carbocycles. The van der Waals surface area contributed by atoms with E-state index in [0.717, 1.165) is 32.6 Å². The monoisotopic (exact) mass is 242 g/mol. The second-order valence-corrected chi connectivity index (χ2v) is 5.28. The summed E-state index contributed by atoms with van der Waals surface area (Å²) >= 11 is 0. The predicted octanol–water partition coefficient (Wildman–Crippen LogP) is 1.17. The molecule has 0 aromatic heterocycles. The third kappa shape index (κ3) is 4.21. The molecule has 2 aliphatic heterocycles. The lowest BCUT2D eigenvalue weighted by atomic mass is 10.2. The van der Waals surface area contributed by atoms with E-state index in [1.807, 2.05) is 0 Å². The molecule has 4 heteroatoms. The maximum Gasteiger partial charge on any atom is 0.158 e. The van der Waals surface area contributed by atoms with Gasteiger partial charge < -0.3 is 14.4 Å². The summed E-state index contributed by atoms with van der Waals surface area (Å²) in [5, 5.41) is 0. The maximum atomic E-state index is 5.57. The molecular weight excluding hydrogens is 216 g/mol. The molecule has 4 nitrogen and oxygen atoms in total. The highest BCUT2D eigenvalue weighted by Gasteiger charge is 2.20. The third-order valence-electron chi connectivity index (χ3n) is 3.71. The van der Waals surface area contributed by atoms with E-state index in [0.29, 0.717) is 6.04 Å². The lowest BCUT2D eigenvalue weighted by molar-refractivity contribution is -0.183. The molecule has 2 fully saturated rings. The van der Waals surface area contributed by atoms with Crippen LogP contribution in [0.1, 0.15) is 26.7 Å². The molecule has 0 unspecified atom stereocenters. The van der Waals surface area contributed by atoms with Gasteiger partial charge in [0.25, 0.3) is 0 Å². The van der Waals surface area contributed by atoms with Crippen molar-refractivity contribution in [1.82, 2.24) is 9.80 Å². The summed E-state index contributed by atoms with van der Waals surface area (Å²) < 4.78 is 11.1. The molecule has 100 valence electrons. The second-order valence-electron chi connectivity index (χ2n) is 5.28. The Labute approximate surface area is 105 Å². The van der Waals surface area contributed by atoms with Gasteiger partial charge in [-0.3, -0.25) is 4.90 Å². The zero-order valence-electron chi connectivity index (χ0n) is 11.2. The highest BCUT2D eigenvalue weighted by molar-refractivity contribution is 4.74. The molecule has 17 heavy (non-hydrogen) atoms. The molecule has 2 rings (SSSR count). The van der Waals surface area contributed by atoms with Crippen LogP contribution in [0.4, 0.5) is 0 Å². The number of nitrogens with zero attached hydrogens (tertiary/aromatic N) is 2. The predicted molar refractivity (Wildman–Crippen MR) is 68.1 cm³/mol. The fraction of sp³-hybridized carbons (Fsp3) is 1.00. The molecule has 0 aliphatic carbocycles. The van der Waals surface area contributed by atoms with Crippen molar-refractivity contribution in [2.45, 2.75) is 39.0 Å². The van der Waals surface area contributed by atoms with Crippen LogP contribution in [0.2, 0.25) is 0 Å². The number of hydrogen-bond donors (Lipinski definition) is 0. The average Bonchev–Trinajstić information content (AvgIpc) is 2.38. The van der Waals surface area contributed by atoms with Gasteiger partial charge in [0.1, 0.15) is 0 Å². The molecule has 2 heterocycles. The first-order chi connectivity index (χ1) is 8.25. The smallest absolute Gasteiger partial charge is 0.158 e. The molecule has 0 radical (unpaired) electrons. The topological polar surface area (TPSA) is 24.9 Å². The Morgan fingerprint density at radius 1 is 1.06 bits per heavy atom. The van der Waals surface area contributed by atoms with E-state index < -0.39 is 0 Å². The summed E-state index contributed by atoms with van der Waals surface area (Å²) in [5.41, 5.74) is 0. The SMILES string of the molecule is CC(C)N1CCN(CCC2OCCCO2)CC1. The molecule has 0 atom stereocenters. The first-order valence-corrected chi connectivity index (χ1v) is 6.95. The molecule has 2 saturated heterocycles. The van der Waals surface area contributed by atoms with Gasteiger partial charge in [0.15, 0.2) is 6.29 Å². The van der Waals surface area contributed by atoms with E-state index in [9.17, 15) is 0 Å². The summed E-state index contributed by atoms with van der Waals surface area (Å²) in [4.78, 5) is 5.07. The van der Waals surface area contributed by atoms with E-state index in [1.165, 1.54) is 26.2 Å². The van der Waals surface area contributed by atoms with Crippen LogP contribution in [-0.2, 0) is 9.47 Å². The van der Waals surface area contributed by atoms with Crippen LogP contribution in [0.5, 0.6) is 0 Å². The first kappa shape index (κ1) is 13.3. The van der Waals surface area contributed by atoms with Gasteiger partial charge in [-0.1, -0.05) is 0 Å². The Balaban J connectivity index is 1.61. The summed E-state index contributed by atoms with van der Waals surface area (Å²) in [6, 6.07) is 0.683. The molecule has 0 amide bonds. The minimum absolute atomic E-state index is 0.0480. The van der Waals surface area contributed by atoms with Gasteiger partial charge >= 0.3 is 0 Å². The van der Waals surface area contributed by atoms with Gasteiger partial charge in [-0.2, -0.15) is 0 Å². The zero-order chi connectivity index (χ0) is 12.1. The quantitative estimate of drug-likeness (QED) is 0.739. The molecule has 2 aliphatic rings. The van der Waals surface area contributed by atoms with Crippen molar-refractivity contribution in [2.24, 2.45) is 0 Å². The van der Waals surface area contributed by atoms with Gasteiger partial charge in [-0.15, -0.1) is 0 Å². The summed E-state index contributed by atoms with van der Waals surface area (Å²) in [5.74, 6) is 0. The minimum Gasteiger partial charge on any atom is -0.353 e. The normalized spacial score (nSPS) is 25.6. The van der Waals surface area contributed by atoms with Crippen molar-refractivity contribution in [3.63, 3.8) is 0 Å². The van der Waals surface area contributed by atoms with Crippen molar-refractivity contribution in [1.29, 1.82) is 0 Å². The minimum atomic E-state index is 0.0480. The Morgan fingerprint density at radius 2 is 1.71 bits per heavy atom. The molecule has 0 aromatic carbocycles. The van der Waals surface area contributed by atoms with Crippen LogP contribution in [0.25, 0.3) is 0 Å². The maximum absolute atomic E-state index is 5.57. The highest BCUT2D eigenvalue weighted by atomic mass is 16.7. The fourth-order valence-electron chi connectivity index (χ4n) is 2.49. The zero-order valence-corrected chi connectivity index (χ0v) is 11.2. The van der Waals surface area contributed by atoms with Gasteiger partial charge in [-0.25, -0.2) is 0 Å². The summed E-state index contributed by atoms with van der Waals surface area (Å²) in [6.07, 6.45) is 2.11. The van der Waals surface area contributed by atoms with Gasteiger partial charge in [0, 0.05) is 45.2 Å². The van der Waals surface area contributed by atoms with E-state index in [1.54, 1.807) is 0 Å². The van der Waals surface area contributed by atoms with Crippen molar-refractivity contribution in [3.05, 3.63) is 0 Å². The number of rotatable bonds is 4. The van der Waals surface area contributed by atoms with Gasteiger partial charge in [-0.05, 0) is 20.3 Å². The largest absolute Gasteiger partial charge is 0.353 e. The molecule has 0 bridgehead atoms. The van der Waals surface area contributed by atoms with Crippen molar-refractivity contribution in [2.75, 3.05) is 45.9 Å². The van der Waals surface area contributed by atoms with Gasteiger partial charge in [0.05, 0.1) is 13.2 Å². The molecule has 0 aromatic rings. The van der Waals surface area contributed by atoms with Crippen LogP contribution < -0.4 is 0 Å². The van der Waals surface area contributed by atoms with Crippen LogP contribution in [0, 0.1) is 0 Å². The van der Waals surface area contributed by atoms with E-state index >= 15 is 0 Å². The van der Waals surface area contributed by atoms with Crippen molar-refractivity contribution < 1.29 is 9.47 Å².